The molecule has 0 saturated carbocycles. The van der Waals surface area contributed by atoms with E-state index < -0.39 is 87.0 Å². The van der Waals surface area contributed by atoms with Crippen LogP contribution < -0.4 is 14.2 Å². The van der Waals surface area contributed by atoms with Crippen LogP contribution in [0.25, 0.3) is 0 Å². The van der Waals surface area contributed by atoms with E-state index in [1.807, 2.05) is 0 Å². The Morgan fingerprint density at radius 1 is 0.614 bits per heavy atom. The Morgan fingerprint density at radius 3 is 1.52 bits per heavy atom. The third-order valence-electron chi connectivity index (χ3n) is 6.60. The molecule has 2 unspecified atom stereocenters. The zero-order valence-electron chi connectivity index (χ0n) is 22.0. The molecule has 4 aromatic rings. The Balaban J connectivity index is 1.55. The van der Waals surface area contributed by atoms with Crippen LogP contribution in [-0.4, -0.2) is 69.1 Å². The molecule has 228 valence electrons. The summed E-state index contributed by atoms with van der Waals surface area (Å²) < 4.78 is 16.6. The highest BCUT2D eigenvalue weighted by atomic mass is 16.6. The number of phenols is 9. The molecule has 1 aliphatic rings. The normalized spacial score (nSPS) is 15.6. The van der Waals surface area contributed by atoms with Crippen molar-refractivity contribution in [1.82, 2.24) is 0 Å². The second-order valence-electron chi connectivity index (χ2n) is 9.62. The van der Waals surface area contributed by atoms with E-state index in [4.69, 9.17) is 14.2 Å². The molecule has 0 amide bonds. The van der Waals surface area contributed by atoms with Crippen LogP contribution >= 0.6 is 0 Å². The number of carbonyl (C=O) groups is 2. The number of carbonyl (C=O) groups excluding carboxylic acids is 2. The number of aliphatic hydroxyl groups is 1. The van der Waals surface area contributed by atoms with Crippen molar-refractivity contribution >= 4 is 11.9 Å². The van der Waals surface area contributed by atoms with E-state index in [9.17, 15) is 60.7 Å². The van der Waals surface area contributed by atoms with Crippen LogP contribution in [0.1, 0.15) is 37.9 Å². The Labute approximate surface area is 245 Å². The summed E-state index contributed by atoms with van der Waals surface area (Å²) in [6, 6.07) is 7.54. The summed E-state index contributed by atoms with van der Waals surface area (Å²) in [5.41, 5.74) is -0.703. The first-order valence-electron chi connectivity index (χ1n) is 12.4. The maximum absolute atomic E-state index is 13.0. The van der Waals surface area contributed by atoms with Crippen molar-refractivity contribution in [1.29, 1.82) is 0 Å². The van der Waals surface area contributed by atoms with Crippen molar-refractivity contribution in [2.75, 3.05) is 0 Å². The first-order chi connectivity index (χ1) is 20.7. The summed E-state index contributed by atoms with van der Waals surface area (Å²) in [6.45, 7) is 0. The molecule has 15 heteroatoms. The molecule has 4 aromatic carbocycles. The van der Waals surface area contributed by atoms with Gasteiger partial charge in [0, 0.05) is 29.7 Å². The molecule has 0 aliphatic carbocycles. The van der Waals surface area contributed by atoms with Crippen LogP contribution in [0.2, 0.25) is 0 Å². The molecule has 0 radical (unpaired) electrons. The highest BCUT2D eigenvalue weighted by molar-refractivity contribution is 5.94. The summed E-state index contributed by atoms with van der Waals surface area (Å²) in [7, 11) is 0. The molecule has 5 rings (SSSR count). The lowest BCUT2D eigenvalue weighted by Gasteiger charge is -2.32. The van der Waals surface area contributed by atoms with Gasteiger partial charge in [-0.15, -0.1) is 0 Å². The van der Waals surface area contributed by atoms with E-state index in [1.165, 1.54) is 6.07 Å². The maximum atomic E-state index is 13.0. The largest absolute Gasteiger partial charge is 0.504 e. The Bertz CT molecular complexity index is 1760. The van der Waals surface area contributed by atoms with Crippen molar-refractivity contribution in [2.24, 2.45) is 0 Å². The number of ether oxygens (including phenoxy) is 3. The molecule has 0 spiro atoms. The lowest BCUT2D eigenvalue weighted by atomic mass is 9.93. The van der Waals surface area contributed by atoms with E-state index in [0.717, 1.165) is 42.5 Å². The lowest BCUT2D eigenvalue weighted by Crippen LogP contribution is -2.31. The van der Waals surface area contributed by atoms with E-state index >= 15 is 0 Å². The van der Waals surface area contributed by atoms with Crippen LogP contribution in [0.3, 0.4) is 0 Å². The zero-order chi connectivity index (χ0) is 32.0. The molecular weight excluding hydrogens is 588 g/mol. The summed E-state index contributed by atoms with van der Waals surface area (Å²) in [6.07, 6.45) is -2.93. The standard InChI is InChI=1S/C29H22O15/c30-15-1-10(2-16(31)24(15)37)27-21(36)9-14-22(43-27)7-13(42-28(40)11-3-17(32)25(38)18(33)4-11)8-23(14)44-29(41)12-5-19(34)26(39)20(35)6-12/h1-8,21,27,30-39H,9H2. The average molecular weight is 610 g/mol. The molecule has 1 aliphatic heterocycles. The predicted octanol–water partition coefficient (Wildman–Crippen LogP) is 2.51. The molecule has 44 heavy (non-hydrogen) atoms. The number of phenolic OH excluding ortho intramolecular Hbond substituents is 9. The van der Waals surface area contributed by atoms with Gasteiger partial charge in [-0.25, -0.2) is 9.59 Å². The van der Waals surface area contributed by atoms with Gasteiger partial charge in [0.25, 0.3) is 0 Å². The smallest absolute Gasteiger partial charge is 0.343 e. The molecule has 0 saturated heterocycles. The Morgan fingerprint density at radius 2 is 1.05 bits per heavy atom. The van der Waals surface area contributed by atoms with Crippen LogP contribution in [-0.2, 0) is 6.42 Å². The Hall–Kier alpha value is -6.22. The quantitative estimate of drug-likeness (QED) is 0.0884. The summed E-state index contributed by atoms with van der Waals surface area (Å²) in [5, 5.41) is 98.7. The molecule has 0 fully saturated rings. The molecule has 0 aromatic heterocycles. The second kappa shape index (κ2) is 10.9. The number of hydrogen-bond acceptors (Lipinski definition) is 15. The van der Waals surface area contributed by atoms with Gasteiger partial charge >= 0.3 is 11.9 Å². The van der Waals surface area contributed by atoms with Gasteiger partial charge in [-0.05, 0) is 36.4 Å². The zero-order valence-corrected chi connectivity index (χ0v) is 22.0. The minimum atomic E-state index is -1.39. The number of aromatic hydroxyl groups is 9. The van der Waals surface area contributed by atoms with E-state index in [-0.39, 0.29) is 34.8 Å². The average Bonchev–Trinajstić information content (AvgIpc) is 2.96. The molecule has 15 nitrogen and oxygen atoms in total. The number of esters is 2. The van der Waals surface area contributed by atoms with Gasteiger partial charge in [0.15, 0.2) is 57.8 Å². The fourth-order valence-corrected chi connectivity index (χ4v) is 4.43. The van der Waals surface area contributed by atoms with Crippen LogP contribution in [0.15, 0.2) is 48.5 Å². The van der Waals surface area contributed by atoms with Gasteiger partial charge < -0.3 is 65.3 Å². The second-order valence-corrected chi connectivity index (χ2v) is 9.62. The fraction of sp³-hybridized carbons (Fsp3) is 0.103. The van der Waals surface area contributed by atoms with Crippen molar-refractivity contribution in [3.8, 4) is 69.0 Å². The third kappa shape index (κ3) is 5.37. The molecule has 1 heterocycles. The van der Waals surface area contributed by atoms with Crippen LogP contribution in [0.5, 0.6) is 69.0 Å². The number of rotatable bonds is 5. The number of fused-ring (bicyclic) bond motifs is 1. The minimum absolute atomic E-state index is 0.0296. The number of benzene rings is 4. The van der Waals surface area contributed by atoms with Gasteiger partial charge in [-0.2, -0.15) is 0 Å². The third-order valence-corrected chi connectivity index (χ3v) is 6.60. The molecular formula is C29H22O15. The number of aliphatic hydroxyl groups excluding tert-OH is 1. The first kappa shape index (κ1) is 29.3. The van der Waals surface area contributed by atoms with Gasteiger partial charge in [0.1, 0.15) is 17.2 Å². The highest BCUT2D eigenvalue weighted by Crippen LogP contribution is 2.46. The van der Waals surface area contributed by atoms with E-state index in [0.29, 0.717) is 0 Å². The molecule has 0 bridgehead atoms. The predicted molar refractivity (Wildman–Crippen MR) is 144 cm³/mol. The summed E-state index contributed by atoms with van der Waals surface area (Å²) in [4.78, 5) is 25.8. The topological polar surface area (TPSA) is 264 Å². The van der Waals surface area contributed by atoms with Gasteiger partial charge in [0.2, 0.25) is 0 Å². The van der Waals surface area contributed by atoms with Crippen LogP contribution in [0, 0.1) is 0 Å². The Kier molecular flexibility index (Phi) is 7.24. The lowest BCUT2D eigenvalue weighted by molar-refractivity contribution is 0.0192. The van der Waals surface area contributed by atoms with E-state index in [2.05, 4.69) is 0 Å². The van der Waals surface area contributed by atoms with Gasteiger partial charge in [0.05, 0.1) is 17.2 Å². The van der Waals surface area contributed by atoms with Crippen molar-refractivity contribution in [2.45, 2.75) is 18.6 Å². The maximum Gasteiger partial charge on any atom is 0.343 e. The summed E-state index contributed by atoms with van der Waals surface area (Å²) >= 11 is 0. The van der Waals surface area contributed by atoms with Gasteiger partial charge in [-0.3, -0.25) is 0 Å². The minimum Gasteiger partial charge on any atom is -0.504 e. The monoisotopic (exact) mass is 610 g/mol. The molecule has 2 atom stereocenters. The van der Waals surface area contributed by atoms with Crippen molar-refractivity contribution < 1.29 is 74.9 Å². The highest BCUT2D eigenvalue weighted by Gasteiger charge is 2.34. The van der Waals surface area contributed by atoms with Crippen molar-refractivity contribution in [3.05, 3.63) is 70.8 Å². The number of hydrogen-bond donors (Lipinski definition) is 10. The first-order valence-corrected chi connectivity index (χ1v) is 12.4. The molecule has 10 N–H and O–H groups in total. The fourth-order valence-electron chi connectivity index (χ4n) is 4.43. The van der Waals surface area contributed by atoms with Crippen molar-refractivity contribution in [3.63, 3.8) is 0 Å². The van der Waals surface area contributed by atoms with E-state index in [1.54, 1.807) is 0 Å². The summed E-state index contributed by atoms with van der Waals surface area (Å²) in [5.74, 6) is -10.4. The van der Waals surface area contributed by atoms with Gasteiger partial charge in [-0.1, -0.05) is 0 Å². The SMILES string of the molecule is O=C(Oc1cc(OC(=O)c2cc(O)c(O)c(O)c2)c2c(c1)OC(c1cc(O)c(O)c(O)c1)C(O)C2)c1cc(O)c(O)c(O)c1. The van der Waals surface area contributed by atoms with Crippen LogP contribution in [0.4, 0.5) is 0 Å².